The number of aliphatic imine (C=N–C) groups is 1. The zero-order valence-corrected chi connectivity index (χ0v) is 18.1. The van der Waals surface area contributed by atoms with E-state index in [-0.39, 0.29) is 0 Å². The highest BCUT2D eigenvalue weighted by Crippen LogP contribution is 2.20. The number of guanidine groups is 1. The number of hydrogen-bond acceptors (Lipinski definition) is 4. The van der Waals surface area contributed by atoms with Crippen LogP contribution in [0, 0.1) is 0 Å². The smallest absolute Gasteiger partial charge is 0.191 e. The standard InChI is InChI=1S/C23H38N4O2/c1-3-24-23(25-12-7-13-29-22-10-14-28-15-11-22)26-21-16-19(2)27(18-21)17-20-8-5-4-6-9-20/h4-6,8-9,19,21-22H,3,7,10-18H2,1-2H3,(H2,24,25,26). The Morgan fingerprint density at radius 3 is 2.79 bits per heavy atom. The average molecular weight is 403 g/mol. The third-order valence-electron chi connectivity index (χ3n) is 5.71. The van der Waals surface area contributed by atoms with Crippen molar-refractivity contribution in [3.05, 3.63) is 35.9 Å². The number of rotatable bonds is 9. The van der Waals surface area contributed by atoms with E-state index in [1.165, 1.54) is 5.56 Å². The molecule has 6 nitrogen and oxygen atoms in total. The van der Waals surface area contributed by atoms with Gasteiger partial charge in [0.15, 0.2) is 5.96 Å². The Balaban J connectivity index is 1.40. The van der Waals surface area contributed by atoms with Crippen LogP contribution in [0.15, 0.2) is 35.3 Å². The fraction of sp³-hybridized carbons (Fsp3) is 0.696. The second kappa shape index (κ2) is 12.2. The van der Waals surface area contributed by atoms with E-state index in [4.69, 9.17) is 14.5 Å². The normalized spacial score (nSPS) is 24.0. The van der Waals surface area contributed by atoms with Crippen molar-refractivity contribution in [2.45, 2.75) is 64.3 Å². The first-order valence-electron chi connectivity index (χ1n) is 11.3. The average Bonchev–Trinajstić information content (AvgIpc) is 3.08. The Kier molecular flexibility index (Phi) is 9.25. The van der Waals surface area contributed by atoms with Crippen molar-refractivity contribution in [2.24, 2.45) is 4.99 Å². The van der Waals surface area contributed by atoms with Gasteiger partial charge in [0.1, 0.15) is 0 Å². The van der Waals surface area contributed by atoms with E-state index in [1.807, 2.05) is 0 Å². The van der Waals surface area contributed by atoms with Crippen molar-refractivity contribution < 1.29 is 9.47 Å². The topological polar surface area (TPSA) is 58.1 Å². The summed E-state index contributed by atoms with van der Waals surface area (Å²) >= 11 is 0. The Labute approximate surface area is 176 Å². The lowest BCUT2D eigenvalue weighted by atomic mass is 10.1. The lowest BCUT2D eigenvalue weighted by molar-refractivity contribution is -0.0318. The molecule has 29 heavy (non-hydrogen) atoms. The zero-order valence-electron chi connectivity index (χ0n) is 18.1. The third kappa shape index (κ3) is 7.61. The summed E-state index contributed by atoms with van der Waals surface area (Å²) in [6.07, 6.45) is 4.51. The molecule has 0 aromatic heterocycles. The van der Waals surface area contributed by atoms with E-state index >= 15 is 0 Å². The molecule has 2 aliphatic heterocycles. The predicted molar refractivity (Wildman–Crippen MR) is 118 cm³/mol. The van der Waals surface area contributed by atoms with Gasteiger partial charge in [-0.3, -0.25) is 9.89 Å². The molecule has 2 atom stereocenters. The van der Waals surface area contributed by atoms with E-state index in [9.17, 15) is 0 Å². The number of hydrogen-bond donors (Lipinski definition) is 2. The molecule has 2 aliphatic rings. The van der Waals surface area contributed by atoms with Crippen molar-refractivity contribution in [3.8, 4) is 0 Å². The largest absolute Gasteiger partial charge is 0.381 e. The minimum atomic E-state index is 0.370. The van der Waals surface area contributed by atoms with E-state index in [0.29, 0.717) is 18.2 Å². The molecule has 162 valence electrons. The number of ether oxygens (including phenoxy) is 2. The van der Waals surface area contributed by atoms with Gasteiger partial charge in [0, 0.05) is 58.1 Å². The molecule has 6 heteroatoms. The third-order valence-corrected chi connectivity index (χ3v) is 5.71. The molecule has 3 rings (SSSR count). The molecule has 0 radical (unpaired) electrons. The zero-order chi connectivity index (χ0) is 20.3. The van der Waals surface area contributed by atoms with Crippen LogP contribution in [0.1, 0.15) is 45.1 Å². The molecule has 2 unspecified atom stereocenters. The lowest BCUT2D eigenvalue weighted by Gasteiger charge is -2.22. The Morgan fingerprint density at radius 1 is 1.24 bits per heavy atom. The van der Waals surface area contributed by atoms with Crippen molar-refractivity contribution in [3.63, 3.8) is 0 Å². The minimum Gasteiger partial charge on any atom is -0.381 e. The van der Waals surface area contributed by atoms with E-state index < -0.39 is 0 Å². The number of benzene rings is 1. The van der Waals surface area contributed by atoms with Crippen molar-refractivity contribution >= 4 is 5.96 Å². The number of nitrogens with zero attached hydrogens (tertiary/aromatic N) is 2. The molecule has 0 spiro atoms. The number of nitrogens with one attached hydrogen (secondary N) is 2. The second-order valence-electron chi connectivity index (χ2n) is 8.14. The summed E-state index contributed by atoms with van der Waals surface area (Å²) in [6, 6.07) is 11.7. The molecular weight excluding hydrogens is 364 g/mol. The highest BCUT2D eigenvalue weighted by atomic mass is 16.5. The van der Waals surface area contributed by atoms with Gasteiger partial charge in [-0.15, -0.1) is 0 Å². The van der Waals surface area contributed by atoms with Gasteiger partial charge in [-0.1, -0.05) is 30.3 Å². The summed E-state index contributed by atoms with van der Waals surface area (Å²) in [6.45, 7) is 10.6. The van der Waals surface area contributed by atoms with Crippen LogP contribution >= 0.6 is 0 Å². The SMILES string of the molecule is CCNC(=NCCCOC1CCOCC1)NC1CC(C)N(Cc2ccccc2)C1. The molecule has 2 N–H and O–H groups in total. The monoisotopic (exact) mass is 402 g/mol. The van der Waals surface area contributed by atoms with Crippen LogP contribution in [-0.4, -0.2) is 68.5 Å². The summed E-state index contributed by atoms with van der Waals surface area (Å²) in [7, 11) is 0. The van der Waals surface area contributed by atoms with Crippen molar-refractivity contribution in [1.29, 1.82) is 0 Å². The first kappa shape index (κ1) is 22.1. The van der Waals surface area contributed by atoms with Crippen LogP contribution < -0.4 is 10.6 Å². The van der Waals surface area contributed by atoms with Crippen LogP contribution in [0.25, 0.3) is 0 Å². The molecule has 1 aromatic carbocycles. The molecule has 0 aliphatic carbocycles. The molecule has 1 aromatic rings. The van der Waals surface area contributed by atoms with Gasteiger partial charge in [0.25, 0.3) is 0 Å². The quantitative estimate of drug-likeness (QED) is 0.378. The Morgan fingerprint density at radius 2 is 2.03 bits per heavy atom. The maximum absolute atomic E-state index is 5.95. The molecule has 0 bridgehead atoms. The van der Waals surface area contributed by atoms with Gasteiger partial charge < -0.3 is 20.1 Å². The molecule has 2 saturated heterocycles. The van der Waals surface area contributed by atoms with Gasteiger partial charge in [-0.2, -0.15) is 0 Å². The van der Waals surface area contributed by atoms with Crippen molar-refractivity contribution in [2.75, 3.05) is 39.5 Å². The van der Waals surface area contributed by atoms with Gasteiger partial charge in [-0.25, -0.2) is 0 Å². The first-order valence-corrected chi connectivity index (χ1v) is 11.3. The maximum Gasteiger partial charge on any atom is 0.191 e. The highest BCUT2D eigenvalue weighted by molar-refractivity contribution is 5.80. The van der Waals surface area contributed by atoms with Gasteiger partial charge in [0.2, 0.25) is 0 Å². The van der Waals surface area contributed by atoms with Crippen LogP contribution in [-0.2, 0) is 16.0 Å². The molecule has 2 fully saturated rings. The van der Waals surface area contributed by atoms with Gasteiger partial charge in [0.05, 0.1) is 6.10 Å². The van der Waals surface area contributed by atoms with Crippen molar-refractivity contribution in [1.82, 2.24) is 15.5 Å². The first-order chi connectivity index (χ1) is 14.2. The van der Waals surface area contributed by atoms with Gasteiger partial charge >= 0.3 is 0 Å². The van der Waals surface area contributed by atoms with E-state index in [1.54, 1.807) is 0 Å². The Bertz CT molecular complexity index is 604. The molecule has 0 saturated carbocycles. The second-order valence-corrected chi connectivity index (χ2v) is 8.14. The molecule has 2 heterocycles. The Hall–Kier alpha value is -1.63. The highest BCUT2D eigenvalue weighted by Gasteiger charge is 2.29. The van der Waals surface area contributed by atoms with E-state index in [2.05, 4.69) is 59.7 Å². The fourth-order valence-electron chi connectivity index (χ4n) is 4.10. The van der Waals surface area contributed by atoms with Gasteiger partial charge in [-0.05, 0) is 45.1 Å². The maximum atomic E-state index is 5.95. The molecular formula is C23H38N4O2. The summed E-state index contributed by atoms with van der Waals surface area (Å²) in [5.74, 6) is 0.928. The van der Waals surface area contributed by atoms with Crippen LogP contribution in [0.2, 0.25) is 0 Å². The van der Waals surface area contributed by atoms with Crippen LogP contribution in [0.4, 0.5) is 0 Å². The number of likely N-dealkylation sites (tertiary alicyclic amines) is 1. The van der Waals surface area contributed by atoms with Crippen LogP contribution in [0.5, 0.6) is 0 Å². The minimum absolute atomic E-state index is 0.370. The molecule has 0 amide bonds. The summed E-state index contributed by atoms with van der Waals surface area (Å²) in [4.78, 5) is 7.32. The summed E-state index contributed by atoms with van der Waals surface area (Å²) in [5.41, 5.74) is 1.38. The van der Waals surface area contributed by atoms with Crippen LogP contribution in [0.3, 0.4) is 0 Å². The summed E-state index contributed by atoms with van der Waals surface area (Å²) in [5, 5.41) is 7.04. The predicted octanol–water partition coefficient (Wildman–Crippen LogP) is 2.79. The lowest BCUT2D eigenvalue weighted by Crippen LogP contribution is -2.44. The van der Waals surface area contributed by atoms with E-state index in [0.717, 1.165) is 77.6 Å². The fourth-order valence-corrected chi connectivity index (χ4v) is 4.10. The summed E-state index contributed by atoms with van der Waals surface area (Å²) < 4.78 is 11.3.